The molecule has 2 bridgehead atoms. The Morgan fingerprint density at radius 1 is 1.20 bits per heavy atom. The van der Waals surface area contributed by atoms with Crippen LogP contribution in [0.15, 0.2) is 0 Å². The smallest absolute Gasteiger partial charge is 0.0833 e. The summed E-state index contributed by atoms with van der Waals surface area (Å²) in [6.07, 6.45) is 3.02. The molecule has 0 aromatic heterocycles. The quantitative estimate of drug-likeness (QED) is 0.486. The van der Waals surface area contributed by atoms with E-state index in [0.29, 0.717) is 0 Å². The minimum absolute atomic E-state index is 0.882. The second kappa shape index (κ2) is 1.97. The van der Waals surface area contributed by atoms with E-state index in [0.717, 1.165) is 12.0 Å². The second-order valence-electron chi connectivity index (χ2n) is 4.39. The Labute approximate surface area is 63.6 Å². The van der Waals surface area contributed by atoms with Crippen LogP contribution in [0.25, 0.3) is 0 Å². The highest BCUT2D eigenvalue weighted by atomic mass is 15.4. The van der Waals surface area contributed by atoms with E-state index in [1.54, 1.807) is 0 Å². The largest absolute Gasteiger partial charge is 0.321 e. The SMILES string of the molecule is CC(C)[N+]12CCC(CC1)C2. The normalized spacial score (nSPS) is 45.3. The zero-order chi connectivity index (χ0) is 7.19. The third-order valence-corrected chi connectivity index (χ3v) is 3.68. The average molecular weight is 140 g/mol. The van der Waals surface area contributed by atoms with Gasteiger partial charge in [-0.3, -0.25) is 0 Å². The zero-order valence-corrected chi connectivity index (χ0v) is 7.14. The monoisotopic (exact) mass is 140 g/mol. The van der Waals surface area contributed by atoms with Crippen molar-refractivity contribution in [3.63, 3.8) is 0 Å². The van der Waals surface area contributed by atoms with Crippen LogP contribution in [0.4, 0.5) is 0 Å². The molecule has 2 fully saturated rings. The number of fused-ring (bicyclic) bond motifs is 2. The number of hydrogen-bond acceptors (Lipinski definition) is 0. The molecule has 0 aromatic rings. The highest BCUT2D eigenvalue weighted by Gasteiger charge is 2.46. The van der Waals surface area contributed by atoms with Crippen molar-refractivity contribution in [2.24, 2.45) is 5.92 Å². The van der Waals surface area contributed by atoms with E-state index in [4.69, 9.17) is 0 Å². The zero-order valence-electron chi connectivity index (χ0n) is 7.14. The molecular formula is C9H18N+. The summed E-state index contributed by atoms with van der Waals surface area (Å²) in [5.74, 6) is 1.10. The van der Waals surface area contributed by atoms with Gasteiger partial charge in [-0.1, -0.05) is 0 Å². The van der Waals surface area contributed by atoms with Crippen LogP contribution in [0.2, 0.25) is 0 Å². The van der Waals surface area contributed by atoms with Gasteiger partial charge in [-0.05, 0) is 13.8 Å². The van der Waals surface area contributed by atoms with Crippen molar-refractivity contribution in [1.82, 2.24) is 0 Å². The fourth-order valence-electron chi connectivity index (χ4n) is 2.74. The Morgan fingerprint density at radius 3 is 2.00 bits per heavy atom. The maximum Gasteiger partial charge on any atom is 0.0833 e. The van der Waals surface area contributed by atoms with Gasteiger partial charge in [0.2, 0.25) is 0 Å². The summed E-state index contributed by atoms with van der Waals surface area (Å²) in [5.41, 5.74) is 0. The first-order valence-electron chi connectivity index (χ1n) is 4.59. The van der Waals surface area contributed by atoms with Gasteiger partial charge in [0.25, 0.3) is 0 Å². The van der Waals surface area contributed by atoms with Crippen molar-refractivity contribution in [2.75, 3.05) is 19.6 Å². The van der Waals surface area contributed by atoms with Crippen molar-refractivity contribution in [1.29, 1.82) is 0 Å². The molecule has 2 aliphatic rings. The van der Waals surface area contributed by atoms with E-state index in [9.17, 15) is 0 Å². The minimum atomic E-state index is 0.882. The highest BCUT2D eigenvalue weighted by Crippen LogP contribution is 2.37. The van der Waals surface area contributed by atoms with Crippen molar-refractivity contribution in [3.05, 3.63) is 0 Å². The molecule has 2 heterocycles. The van der Waals surface area contributed by atoms with Crippen LogP contribution in [0.5, 0.6) is 0 Å². The average Bonchev–Trinajstić information content (AvgIpc) is 2.45. The molecule has 0 amide bonds. The van der Waals surface area contributed by atoms with Crippen molar-refractivity contribution >= 4 is 0 Å². The summed E-state index contributed by atoms with van der Waals surface area (Å²) in [7, 11) is 0. The van der Waals surface area contributed by atoms with Crippen molar-refractivity contribution in [2.45, 2.75) is 32.7 Å². The van der Waals surface area contributed by atoms with Crippen LogP contribution in [-0.4, -0.2) is 30.2 Å². The van der Waals surface area contributed by atoms with Crippen LogP contribution in [-0.2, 0) is 0 Å². The lowest BCUT2D eigenvalue weighted by Crippen LogP contribution is -2.49. The number of nitrogens with zero attached hydrogens (tertiary/aromatic N) is 1. The van der Waals surface area contributed by atoms with Crippen LogP contribution >= 0.6 is 0 Å². The van der Waals surface area contributed by atoms with Gasteiger partial charge in [-0.25, -0.2) is 0 Å². The van der Waals surface area contributed by atoms with Gasteiger partial charge in [0.15, 0.2) is 0 Å². The molecule has 2 aliphatic heterocycles. The van der Waals surface area contributed by atoms with Gasteiger partial charge in [0.05, 0.1) is 25.7 Å². The third kappa shape index (κ3) is 0.731. The molecule has 58 valence electrons. The Morgan fingerprint density at radius 2 is 1.80 bits per heavy atom. The fourth-order valence-corrected chi connectivity index (χ4v) is 2.74. The predicted octanol–water partition coefficient (Wildman–Crippen LogP) is 1.64. The van der Waals surface area contributed by atoms with Gasteiger partial charge in [0.1, 0.15) is 0 Å². The highest BCUT2D eigenvalue weighted by molar-refractivity contribution is 4.75. The Kier molecular flexibility index (Phi) is 1.31. The van der Waals surface area contributed by atoms with E-state index in [1.165, 1.54) is 37.0 Å². The molecule has 0 atom stereocenters. The lowest BCUT2D eigenvalue weighted by Gasteiger charge is -2.35. The summed E-state index contributed by atoms with van der Waals surface area (Å²) in [4.78, 5) is 0. The molecule has 0 N–H and O–H groups in total. The van der Waals surface area contributed by atoms with E-state index in [-0.39, 0.29) is 0 Å². The van der Waals surface area contributed by atoms with E-state index in [2.05, 4.69) is 13.8 Å². The summed E-state index contributed by atoms with van der Waals surface area (Å²) in [5, 5.41) is 0. The molecule has 0 saturated carbocycles. The number of rotatable bonds is 1. The maximum absolute atomic E-state index is 2.38. The standard InChI is InChI=1S/C9H18N/c1-8(2)10-5-3-9(7-10)4-6-10/h8-9H,3-7H2,1-2H3/q+1. The van der Waals surface area contributed by atoms with E-state index >= 15 is 0 Å². The Bertz CT molecular complexity index is 132. The first kappa shape index (κ1) is 6.66. The van der Waals surface area contributed by atoms with Crippen LogP contribution in [0.1, 0.15) is 26.7 Å². The lowest BCUT2D eigenvalue weighted by atomic mass is 10.1. The van der Waals surface area contributed by atoms with Crippen LogP contribution in [0, 0.1) is 5.92 Å². The molecule has 0 radical (unpaired) electrons. The topological polar surface area (TPSA) is 0 Å². The molecule has 1 nitrogen and oxygen atoms in total. The maximum atomic E-state index is 2.38. The van der Waals surface area contributed by atoms with Gasteiger partial charge < -0.3 is 4.48 Å². The summed E-state index contributed by atoms with van der Waals surface area (Å²) >= 11 is 0. The molecular weight excluding hydrogens is 122 g/mol. The Hall–Kier alpha value is -0.0400. The first-order chi connectivity index (χ1) is 4.73. The van der Waals surface area contributed by atoms with E-state index < -0.39 is 0 Å². The summed E-state index contributed by atoms with van der Waals surface area (Å²) < 4.78 is 1.45. The molecule has 0 spiro atoms. The molecule has 0 unspecified atom stereocenters. The van der Waals surface area contributed by atoms with Gasteiger partial charge >= 0.3 is 0 Å². The van der Waals surface area contributed by atoms with Crippen LogP contribution in [0.3, 0.4) is 0 Å². The van der Waals surface area contributed by atoms with Crippen molar-refractivity contribution in [3.8, 4) is 0 Å². The summed E-state index contributed by atoms with van der Waals surface area (Å²) in [6, 6.07) is 0.882. The van der Waals surface area contributed by atoms with Gasteiger partial charge in [0, 0.05) is 18.8 Å². The van der Waals surface area contributed by atoms with Gasteiger partial charge in [-0.2, -0.15) is 0 Å². The lowest BCUT2D eigenvalue weighted by molar-refractivity contribution is -0.929. The molecule has 0 aromatic carbocycles. The molecule has 2 rings (SSSR count). The van der Waals surface area contributed by atoms with E-state index in [1.807, 2.05) is 0 Å². The molecule has 1 heteroatoms. The predicted molar refractivity (Wildman–Crippen MR) is 42.7 cm³/mol. The first-order valence-corrected chi connectivity index (χ1v) is 4.59. The number of piperidine rings is 1. The second-order valence-corrected chi connectivity index (χ2v) is 4.39. The molecule has 0 aliphatic carbocycles. The number of quaternary nitrogens is 1. The van der Waals surface area contributed by atoms with Crippen LogP contribution < -0.4 is 0 Å². The number of hydrogen-bond donors (Lipinski definition) is 0. The molecule has 10 heavy (non-hydrogen) atoms. The fraction of sp³-hybridized carbons (Fsp3) is 1.00. The Balaban J connectivity index is 2.15. The summed E-state index contributed by atoms with van der Waals surface area (Å²) in [6.45, 7) is 9.21. The van der Waals surface area contributed by atoms with Gasteiger partial charge in [-0.15, -0.1) is 0 Å². The molecule has 2 saturated heterocycles. The van der Waals surface area contributed by atoms with Crippen molar-refractivity contribution < 1.29 is 4.48 Å². The third-order valence-electron chi connectivity index (χ3n) is 3.68. The minimum Gasteiger partial charge on any atom is -0.321 e.